The molecule has 0 aliphatic carbocycles. The summed E-state index contributed by atoms with van der Waals surface area (Å²) in [7, 11) is 4.01. The van der Waals surface area contributed by atoms with Gasteiger partial charge >= 0.3 is 0 Å². The first kappa shape index (κ1) is 23.9. The summed E-state index contributed by atoms with van der Waals surface area (Å²) < 4.78 is 11.0. The van der Waals surface area contributed by atoms with Crippen LogP contribution in [0, 0.1) is 5.92 Å². The predicted octanol–water partition coefficient (Wildman–Crippen LogP) is 1.94. The third-order valence-corrected chi connectivity index (χ3v) is 4.17. The Morgan fingerprint density at radius 2 is 1.75 bits per heavy atom. The number of halogens is 1. The lowest BCUT2D eigenvalue weighted by Crippen LogP contribution is -2.43. The van der Waals surface area contributed by atoms with Crippen molar-refractivity contribution >= 4 is 29.9 Å². The predicted molar refractivity (Wildman–Crippen MR) is 112 cm³/mol. The largest absolute Gasteiger partial charge is 0.379 e. The number of unbranched alkanes of at least 4 members (excludes halogenated alkanes) is 1. The molecule has 1 rings (SSSR count). The lowest BCUT2D eigenvalue weighted by molar-refractivity contribution is 0.0487. The highest BCUT2D eigenvalue weighted by Crippen LogP contribution is 2.14. The van der Waals surface area contributed by atoms with Crippen LogP contribution in [0.2, 0.25) is 0 Å². The van der Waals surface area contributed by atoms with Gasteiger partial charge in [-0.25, -0.2) is 0 Å². The van der Waals surface area contributed by atoms with Gasteiger partial charge in [0.2, 0.25) is 0 Å². The molecule has 1 aliphatic rings. The summed E-state index contributed by atoms with van der Waals surface area (Å²) in [4.78, 5) is 6.65. The average molecular weight is 456 g/mol. The molecule has 0 spiro atoms. The van der Waals surface area contributed by atoms with E-state index in [0.717, 1.165) is 38.0 Å². The van der Waals surface area contributed by atoms with Crippen LogP contribution in [-0.4, -0.2) is 77.6 Å². The second kappa shape index (κ2) is 16.4. The van der Waals surface area contributed by atoms with Crippen molar-refractivity contribution in [3.8, 4) is 0 Å². The van der Waals surface area contributed by atoms with Gasteiger partial charge in [-0.15, -0.1) is 24.0 Å². The molecular formula is C17H37IN4O2. The summed E-state index contributed by atoms with van der Waals surface area (Å²) in [5.41, 5.74) is 0. The summed E-state index contributed by atoms with van der Waals surface area (Å²) in [5, 5.41) is 6.71. The topological polar surface area (TPSA) is 58.1 Å². The van der Waals surface area contributed by atoms with Gasteiger partial charge in [-0.3, -0.25) is 4.99 Å². The molecule has 0 amide bonds. The van der Waals surface area contributed by atoms with Crippen LogP contribution < -0.4 is 10.6 Å². The van der Waals surface area contributed by atoms with E-state index >= 15 is 0 Å². The Morgan fingerprint density at radius 1 is 1.08 bits per heavy atom. The molecule has 0 aromatic rings. The number of rotatable bonds is 11. The molecule has 144 valence electrons. The van der Waals surface area contributed by atoms with Crippen LogP contribution in [0.3, 0.4) is 0 Å². The molecule has 0 aromatic carbocycles. The Labute approximate surface area is 165 Å². The minimum atomic E-state index is 0. The van der Waals surface area contributed by atoms with Gasteiger partial charge in [-0.05, 0) is 45.3 Å². The Kier molecular flexibility index (Phi) is 16.3. The van der Waals surface area contributed by atoms with E-state index in [9.17, 15) is 0 Å². The fourth-order valence-corrected chi connectivity index (χ4v) is 2.54. The standard InChI is InChI=1S/C17H36N4O2.HI/c1-4-5-11-22-13-14-23-12-8-19-17(18-2)20-15-16-6-9-21(3)10-7-16;/h16H,4-15H2,1-3H3,(H2,18,19,20);1H. The zero-order valence-corrected chi connectivity index (χ0v) is 18.0. The Morgan fingerprint density at radius 3 is 2.38 bits per heavy atom. The summed E-state index contributed by atoms with van der Waals surface area (Å²) in [5.74, 6) is 1.62. The van der Waals surface area contributed by atoms with Gasteiger partial charge in [0.25, 0.3) is 0 Å². The fraction of sp³-hybridized carbons (Fsp3) is 0.941. The molecular weight excluding hydrogens is 419 g/mol. The quantitative estimate of drug-likeness (QED) is 0.216. The smallest absolute Gasteiger partial charge is 0.191 e. The molecule has 6 nitrogen and oxygen atoms in total. The number of hydrogen-bond donors (Lipinski definition) is 2. The van der Waals surface area contributed by atoms with Crippen molar-refractivity contribution in [1.29, 1.82) is 0 Å². The summed E-state index contributed by atoms with van der Waals surface area (Å²) in [6, 6.07) is 0. The zero-order chi connectivity index (χ0) is 16.8. The van der Waals surface area contributed by atoms with E-state index in [1.54, 1.807) is 0 Å². The first-order chi connectivity index (χ1) is 11.3. The van der Waals surface area contributed by atoms with Crippen molar-refractivity contribution in [2.45, 2.75) is 32.6 Å². The molecule has 0 bridgehead atoms. The molecule has 1 fully saturated rings. The molecule has 1 heterocycles. The van der Waals surface area contributed by atoms with Crippen LogP contribution in [0.5, 0.6) is 0 Å². The number of guanidine groups is 1. The van der Waals surface area contributed by atoms with Gasteiger partial charge in [0.15, 0.2) is 5.96 Å². The summed E-state index contributed by atoms with van der Waals surface area (Å²) >= 11 is 0. The Hall–Kier alpha value is -0.120. The second-order valence-corrected chi connectivity index (χ2v) is 6.20. The van der Waals surface area contributed by atoms with Crippen LogP contribution in [0.15, 0.2) is 4.99 Å². The van der Waals surface area contributed by atoms with E-state index in [-0.39, 0.29) is 24.0 Å². The minimum absolute atomic E-state index is 0. The molecule has 24 heavy (non-hydrogen) atoms. The number of piperidine rings is 1. The van der Waals surface area contributed by atoms with Crippen LogP contribution in [0.4, 0.5) is 0 Å². The van der Waals surface area contributed by atoms with E-state index in [1.807, 2.05) is 7.05 Å². The Bertz CT molecular complexity index is 311. The normalized spacial score (nSPS) is 16.7. The molecule has 0 saturated carbocycles. The van der Waals surface area contributed by atoms with Crippen molar-refractivity contribution < 1.29 is 9.47 Å². The zero-order valence-electron chi connectivity index (χ0n) is 15.7. The second-order valence-electron chi connectivity index (χ2n) is 6.20. The Balaban J connectivity index is 0.00000529. The first-order valence-corrected chi connectivity index (χ1v) is 9.04. The van der Waals surface area contributed by atoms with E-state index in [2.05, 4.69) is 34.5 Å². The van der Waals surface area contributed by atoms with Crippen LogP contribution >= 0.6 is 24.0 Å². The average Bonchev–Trinajstić information content (AvgIpc) is 2.57. The van der Waals surface area contributed by atoms with Crippen LogP contribution in [0.25, 0.3) is 0 Å². The van der Waals surface area contributed by atoms with E-state index < -0.39 is 0 Å². The number of nitrogens with zero attached hydrogens (tertiary/aromatic N) is 2. The van der Waals surface area contributed by atoms with E-state index in [0.29, 0.717) is 19.8 Å². The van der Waals surface area contributed by atoms with Gasteiger partial charge in [-0.1, -0.05) is 13.3 Å². The summed E-state index contributed by atoms with van der Waals surface area (Å²) in [6.45, 7) is 9.19. The highest BCUT2D eigenvalue weighted by atomic mass is 127. The van der Waals surface area contributed by atoms with Gasteiger partial charge in [-0.2, -0.15) is 0 Å². The highest BCUT2D eigenvalue weighted by molar-refractivity contribution is 14.0. The minimum Gasteiger partial charge on any atom is -0.379 e. The molecule has 1 aliphatic heterocycles. The highest BCUT2D eigenvalue weighted by Gasteiger charge is 2.16. The number of hydrogen-bond acceptors (Lipinski definition) is 4. The first-order valence-electron chi connectivity index (χ1n) is 9.04. The maximum atomic E-state index is 5.54. The summed E-state index contributed by atoms with van der Waals surface area (Å²) in [6.07, 6.45) is 4.83. The van der Waals surface area contributed by atoms with Gasteiger partial charge in [0, 0.05) is 26.7 Å². The SMILES string of the molecule is CCCCOCCOCCNC(=NC)NCC1CCN(C)CC1.I. The van der Waals surface area contributed by atoms with E-state index in [4.69, 9.17) is 9.47 Å². The molecule has 1 saturated heterocycles. The lowest BCUT2D eigenvalue weighted by atomic mass is 9.97. The van der Waals surface area contributed by atoms with Crippen molar-refractivity contribution in [3.63, 3.8) is 0 Å². The number of likely N-dealkylation sites (tertiary alicyclic amines) is 1. The van der Waals surface area contributed by atoms with Crippen molar-refractivity contribution in [2.24, 2.45) is 10.9 Å². The van der Waals surface area contributed by atoms with Crippen molar-refractivity contribution in [3.05, 3.63) is 0 Å². The molecule has 0 aromatic heterocycles. The maximum absolute atomic E-state index is 5.54. The molecule has 0 unspecified atom stereocenters. The third-order valence-electron chi connectivity index (χ3n) is 4.17. The number of ether oxygens (including phenoxy) is 2. The molecule has 2 N–H and O–H groups in total. The number of aliphatic imine (C=N–C) groups is 1. The van der Waals surface area contributed by atoms with Gasteiger partial charge in [0.05, 0.1) is 19.8 Å². The lowest BCUT2D eigenvalue weighted by Gasteiger charge is -2.29. The van der Waals surface area contributed by atoms with Crippen molar-refractivity contribution in [1.82, 2.24) is 15.5 Å². The molecule has 0 radical (unpaired) electrons. The fourth-order valence-electron chi connectivity index (χ4n) is 2.54. The molecule has 0 atom stereocenters. The van der Waals surface area contributed by atoms with Crippen LogP contribution in [-0.2, 0) is 9.47 Å². The van der Waals surface area contributed by atoms with E-state index in [1.165, 1.54) is 32.4 Å². The van der Waals surface area contributed by atoms with Crippen LogP contribution in [0.1, 0.15) is 32.6 Å². The van der Waals surface area contributed by atoms with Gasteiger partial charge < -0.3 is 25.0 Å². The van der Waals surface area contributed by atoms with Crippen molar-refractivity contribution in [2.75, 3.05) is 66.7 Å². The number of nitrogens with one attached hydrogen (secondary N) is 2. The van der Waals surface area contributed by atoms with Gasteiger partial charge in [0.1, 0.15) is 0 Å². The monoisotopic (exact) mass is 456 g/mol. The third kappa shape index (κ3) is 12.3. The maximum Gasteiger partial charge on any atom is 0.191 e. The molecule has 7 heteroatoms.